The van der Waals surface area contributed by atoms with Gasteiger partial charge in [-0.1, -0.05) is 37.0 Å². The molecule has 100 valence electrons. The minimum absolute atomic E-state index is 0.884. The Morgan fingerprint density at radius 2 is 2.00 bits per heavy atom. The van der Waals surface area contributed by atoms with Gasteiger partial charge in [0.2, 0.25) is 0 Å². The van der Waals surface area contributed by atoms with Crippen molar-refractivity contribution < 1.29 is 4.74 Å². The molecule has 0 saturated heterocycles. The molecule has 0 bridgehead atoms. The topological polar surface area (TPSA) is 21.3 Å². The largest absolute Gasteiger partial charge is 0.496 e. The number of aryl methyl sites for hydroxylation is 1. The number of ether oxygens (including phenoxy) is 1. The number of rotatable bonds is 5. The average Bonchev–Trinajstić information content (AvgIpc) is 2.40. The van der Waals surface area contributed by atoms with E-state index in [2.05, 4.69) is 30.4 Å². The fourth-order valence-corrected chi connectivity index (χ4v) is 2.85. The summed E-state index contributed by atoms with van der Waals surface area (Å²) >= 11 is 0. The number of nitrogens with one attached hydrogen (secondary N) is 1. The molecule has 2 nitrogen and oxygen atoms in total. The van der Waals surface area contributed by atoms with E-state index in [0.29, 0.717) is 0 Å². The third kappa shape index (κ3) is 3.74. The summed E-state index contributed by atoms with van der Waals surface area (Å²) in [7, 11) is 1.75. The van der Waals surface area contributed by atoms with Crippen LogP contribution in [0.2, 0.25) is 0 Å². The third-order valence-corrected chi connectivity index (χ3v) is 3.91. The highest BCUT2D eigenvalue weighted by molar-refractivity contribution is 5.36. The number of hydrogen-bond acceptors (Lipinski definition) is 2. The molecule has 0 spiro atoms. The minimum atomic E-state index is 0.884. The first-order chi connectivity index (χ1) is 8.79. The first-order valence-electron chi connectivity index (χ1n) is 7.14. The molecular formula is C16H25NO. The van der Waals surface area contributed by atoms with Gasteiger partial charge in [-0.15, -0.1) is 0 Å². The lowest BCUT2D eigenvalue weighted by molar-refractivity contribution is 0.340. The summed E-state index contributed by atoms with van der Waals surface area (Å²) in [5, 5.41) is 3.59. The monoisotopic (exact) mass is 247 g/mol. The predicted molar refractivity (Wildman–Crippen MR) is 76.0 cm³/mol. The van der Waals surface area contributed by atoms with Crippen LogP contribution in [-0.4, -0.2) is 13.7 Å². The van der Waals surface area contributed by atoms with Gasteiger partial charge in [0.1, 0.15) is 5.75 Å². The second kappa shape index (κ2) is 6.79. The zero-order valence-electron chi connectivity index (χ0n) is 11.7. The van der Waals surface area contributed by atoms with E-state index in [4.69, 9.17) is 4.74 Å². The van der Waals surface area contributed by atoms with E-state index in [0.717, 1.165) is 24.8 Å². The maximum absolute atomic E-state index is 5.40. The zero-order chi connectivity index (χ0) is 12.8. The molecule has 0 amide bonds. The van der Waals surface area contributed by atoms with Crippen LogP contribution in [-0.2, 0) is 6.54 Å². The normalized spacial score (nSPS) is 16.8. The van der Waals surface area contributed by atoms with Crippen LogP contribution in [0.25, 0.3) is 0 Å². The molecule has 1 aliphatic rings. The van der Waals surface area contributed by atoms with Crippen LogP contribution in [0.4, 0.5) is 0 Å². The smallest absolute Gasteiger partial charge is 0.123 e. The van der Waals surface area contributed by atoms with Crippen molar-refractivity contribution in [2.24, 2.45) is 5.92 Å². The van der Waals surface area contributed by atoms with E-state index in [1.807, 2.05) is 0 Å². The number of hydrogen-bond donors (Lipinski definition) is 1. The van der Waals surface area contributed by atoms with E-state index >= 15 is 0 Å². The minimum Gasteiger partial charge on any atom is -0.496 e. The molecule has 18 heavy (non-hydrogen) atoms. The Kier molecular flexibility index (Phi) is 5.06. The average molecular weight is 247 g/mol. The number of methoxy groups -OCH3 is 1. The molecule has 1 fully saturated rings. The highest BCUT2D eigenvalue weighted by atomic mass is 16.5. The van der Waals surface area contributed by atoms with Gasteiger partial charge in [-0.2, -0.15) is 0 Å². The summed E-state index contributed by atoms with van der Waals surface area (Å²) in [6, 6.07) is 6.38. The highest BCUT2D eigenvalue weighted by Gasteiger charge is 2.13. The second-order valence-corrected chi connectivity index (χ2v) is 5.45. The SMILES string of the molecule is COc1ccc(C)cc1CNCC1CCCCC1. The van der Waals surface area contributed by atoms with Gasteiger partial charge in [-0.25, -0.2) is 0 Å². The van der Waals surface area contributed by atoms with Gasteiger partial charge in [0.15, 0.2) is 0 Å². The molecule has 0 atom stereocenters. The molecule has 0 unspecified atom stereocenters. The zero-order valence-corrected chi connectivity index (χ0v) is 11.7. The van der Waals surface area contributed by atoms with Crippen molar-refractivity contribution >= 4 is 0 Å². The quantitative estimate of drug-likeness (QED) is 0.857. The lowest BCUT2D eigenvalue weighted by Crippen LogP contribution is -2.24. The van der Waals surface area contributed by atoms with E-state index in [1.165, 1.54) is 43.2 Å². The standard InChI is InChI=1S/C16H25NO/c1-13-8-9-16(18-2)15(10-13)12-17-11-14-6-4-3-5-7-14/h8-10,14,17H,3-7,11-12H2,1-2H3. The lowest BCUT2D eigenvalue weighted by atomic mass is 9.89. The van der Waals surface area contributed by atoms with Gasteiger partial charge in [-0.3, -0.25) is 0 Å². The molecule has 1 aromatic carbocycles. The van der Waals surface area contributed by atoms with Gasteiger partial charge in [0, 0.05) is 12.1 Å². The van der Waals surface area contributed by atoms with Crippen LogP contribution in [0.3, 0.4) is 0 Å². The maximum atomic E-state index is 5.40. The molecule has 0 aliphatic heterocycles. The van der Waals surface area contributed by atoms with Crippen LogP contribution in [0.15, 0.2) is 18.2 Å². The lowest BCUT2D eigenvalue weighted by Gasteiger charge is -2.22. The van der Waals surface area contributed by atoms with E-state index < -0.39 is 0 Å². The summed E-state index contributed by atoms with van der Waals surface area (Å²) in [5.41, 5.74) is 2.57. The Morgan fingerprint density at radius 1 is 1.22 bits per heavy atom. The Morgan fingerprint density at radius 3 is 2.72 bits per heavy atom. The van der Waals surface area contributed by atoms with Crippen LogP contribution in [0.1, 0.15) is 43.2 Å². The van der Waals surface area contributed by atoms with Crippen molar-refractivity contribution in [3.05, 3.63) is 29.3 Å². The highest BCUT2D eigenvalue weighted by Crippen LogP contribution is 2.23. The van der Waals surface area contributed by atoms with Crippen LogP contribution < -0.4 is 10.1 Å². The molecule has 1 N–H and O–H groups in total. The maximum Gasteiger partial charge on any atom is 0.123 e. The summed E-state index contributed by atoms with van der Waals surface area (Å²) in [6.07, 6.45) is 7.07. The predicted octanol–water partition coefficient (Wildman–Crippen LogP) is 3.67. The Labute approximate surface area is 111 Å². The molecule has 1 saturated carbocycles. The molecule has 2 rings (SSSR count). The molecule has 0 heterocycles. The Balaban J connectivity index is 1.83. The molecule has 1 aromatic rings. The van der Waals surface area contributed by atoms with Crippen molar-refractivity contribution in [1.82, 2.24) is 5.32 Å². The molecule has 0 radical (unpaired) electrons. The summed E-state index contributed by atoms with van der Waals surface area (Å²) in [6.45, 7) is 4.20. The van der Waals surface area contributed by atoms with Crippen molar-refractivity contribution in [3.8, 4) is 5.75 Å². The molecule has 2 heteroatoms. The fourth-order valence-electron chi connectivity index (χ4n) is 2.85. The Hall–Kier alpha value is -1.02. The first-order valence-corrected chi connectivity index (χ1v) is 7.14. The summed E-state index contributed by atoms with van der Waals surface area (Å²) < 4.78 is 5.40. The Bertz CT molecular complexity index is 369. The summed E-state index contributed by atoms with van der Waals surface area (Å²) in [4.78, 5) is 0. The van der Waals surface area contributed by atoms with Crippen LogP contribution >= 0.6 is 0 Å². The number of benzene rings is 1. The van der Waals surface area contributed by atoms with E-state index in [-0.39, 0.29) is 0 Å². The van der Waals surface area contributed by atoms with Gasteiger partial charge in [0.05, 0.1) is 7.11 Å². The van der Waals surface area contributed by atoms with Crippen molar-refractivity contribution in [3.63, 3.8) is 0 Å². The van der Waals surface area contributed by atoms with Crippen molar-refractivity contribution in [1.29, 1.82) is 0 Å². The van der Waals surface area contributed by atoms with Gasteiger partial charge in [-0.05, 0) is 38.3 Å². The second-order valence-electron chi connectivity index (χ2n) is 5.45. The molecular weight excluding hydrogens is 222 g/mol. The molecule has 0 aromatic heterocycles. The molecule has 1 aliphatic carbocycles. The van der Waals surface area contributed by atoms with Gasteiger partial charge in [0.25, 0.3) is 0 Å². The first kappa shape index (κ1) is 13.4. The van der Waals surface area contributed by atoms with Crippen molar-refractivity contribution in [2.75, 3.05) is 13.7 Å². The summed E-state index contributed by atoms with van der Waals surface area (Å²) in [5.74, 6) is 1.88. The van der Waals surface area contributed by atoms with E-state index in [9.17, 15) is 0 Å². The fraction of sp³-hybridized carbons (Fsp3) is 0.625. The van der Waals surface area contributed by atoms with E-state index in [1.54, 1.807) is 7.11 Å². The van der Waals surface area contributed by atoms with Gasteiger partial charge < -0.3 is 10.1 Å². The van der Waals surface area contributed by atoms with Crippen LogP contribution in [0, 0.1) is 12.8 Å². The van der Waals surface area contributed by atoms with Crippen LogP contribution in [0.5, 0.6) is 5.75 Å². The van der Waals surface area contributed by atoms with Crippen molar-refractivity contribution in [2.45, 2.75) is 45.6 Å². The van der Waals surface area contributed by atoms with Gasteiger partial charge >= 0.3 is 0 Å². The third-order valence-electron chi connectivity index (χ3n) is 3.91.